The average Bonchev–Trinajstić information content (AvgIpc) is 2.99. The van der Waals surface area contributed by atoms with E-state index >= 15 is 0 Å². The third-order valence-corrected chi connectivity index (χ3v) is 10.5. The Bertz CT molecular complexity index is 652. The molecular formula is C24H38B2O3. The molecule has 9 atom stereocenters. The van der Waals surface area contributed by atoms with E-state index in [2.05, 4.69) is 20.8 Å². The van der Waals surface area contributed by atoms with Crippen molar-refractivity contribution in [1.82, 2.24) is 0 Å². The summed E-state index contributed by atoms with van der Waals surface area (Å²) in [7, 11) is 11.8. The molecule has 0 aromatic heterocycles. The molecule has 0 unspecified atom stereocenters. The number of rotatable bonds is 4. The van der Waals surface area contributed by atoms with Crippen LogP contribution in [-0.2, 0) is 4.79 Å². The van der Waals surface area contributed by atoms with Gasteiger partial charge in [0.15, 0.2) is 0 Å². The van der Waals surface area contributed by atoms with Gasteiger partial charge >= 0.3 is 0 Å². The van der Waals surface area contributed by atoms with E-state index in [1.807, 2.05) is 0 Å². The van der Waals surface area contributed by atoms with E-state index in [-0.39, 0.29) is 17.4 Å². The Kier molecular flexibility index (Phi) is 5.49. The first-order chi connectivity index (χ1) is 13.5. The summed E-state index contributed by atoms with van der Waals surface area (Å²) in [6.45, 7) is 7.18. The van der Waals surface area contributed by atoms with E-state index in [9.17, 15) is 15.0 Å². The predicted molar refractivity (Wildman–Crippen MR) is 117 cm³/mol. The molecule has 4 aliphatic rings. The zero-order chi connectivity index (χ0) is 21.2. The van der Waals surface area contributed by atoms with E-state index in [0.717, 1.165) is 30.6 Å². The highest BCUT2D eigenvalue weighted by Crippen LogP contribution is 2.68. The molecule has 4 saturated carbocycles. The van der Waals surface area contributed by atoms with Crippen LogP contribution in [0.5, 0.6) is 0 Å². The molecule has 29 heavy (non-hydrogen) atoms. The Morgan fingerprint density at radius 3 is 2.38 bits per heavy atom. The summed E-state index contributed by atoms with van der Waals surface area (Å²) in [4.78, 5) is 11.4. The van der Waals surface area contributed by atoms with E-state index in [0.29, 0.717) is 23.7 Å². The van der Waals surface area contributed by atoms with E-state index in [1.165, 1.54) is 44.9 Å². The Labute approximate surface area is 179 Å². The maximum Gasteiger partial charge on any atom is 0.292 e. The quantitative estimate of drug-likeness (QED) is 0.685. The van der Waals surface area contributed by atoms with Crippen LogP contribution < -0.4 is 0 Å². The Morgan fingerprint density at radius 1 is 1.03 bits per heavy atom. The number of carboxylic acid groups (broad SMARTS) is 1. The standard InChI is InChI=1S/C24H38B2O3/c1-14(13-24(25,26)21(28)29)18-6-7-19-17-5-4-15-12-16(27)8-10-22(15,2)20(17)9-11-23(18,19)3/h14-20,27H,4-13H2,1-3H3,(H,28,29)/t14-,15+,16+,17+,18-,19+,20+,22+,23-/m1/s1. The first-order valence-electron chi connectivity index (χ1n) is 12.0. The molecule has 3 nitrogen and oxygen atoms in total. The molecule has 0 amide bonds. The largest absolute Gasteiger partial charge is 0.482 e. The molecule has 158 valence electrons. The van der Waals surface area contributed by atoms with Crippen molar-refractivity contribution < 1.29 is 15.0 Å². The van der Waals surface area contributed by atoms with Crippen LogP contribution in [0.2, 0.25) is 5.21 Å². The zero-order valence-corrected chi connectivity index (χ0v) is 18.6. The van der Waals surface area contributed by atoms with Crippen molar-refractivity contribution in [3.8, 4) is 0 Å². The molecule has 0 spiro atoms. The topological polar surface area (TPSA) is 57.5 Å². The third kappa shape index (κ3) is 3.42. The van der Waals surface area contributed by atoms with Crippen molar-refractivity contribution in [1.29, 1.82) is 0 Å². The molecule has 0 aromatic carbocycles. The van der Waals surface area contributed by atoms with Crippen LogP contribution in [0.1, 0.15) is 85.0 Å². The fourth-order valence-electron chi connectivity index (χ4n) is 8.97. The lowest BCUT2D eigenvalue weighted by Gasteiger charge is -2.61. The summed E-state index contributed by atoms with van der Waals surface area (Å²) >= 11 is 0. The fourth-order valence-corrected chi connectivity index (χ4v) is 8.97. The molecule has 0 saturated heterocycles. The van der Waals surface area contributed by atoms with Crippen molar-refractivity contribution in [2.24, 2.45) is 46.3 Å². The smallest absolute Gasteiger partial charge is 0.292 e. The van der Waals surface area contributed by atoms with Crippen molar-refractivity contribution in [2.45, 2.75) is 96.3 Å². The first kappa shape index (κ1) is 21.8. The number of aliphatic carboxylic acids is 1. The van der Waals surface area contributed by atoms with Crippen molar-refractivity contribution in [3.63, 3.8) is 0 Å². The number of carboxylic acids is 1. The van der Waals surface area contributed by atoms with Gasteiger partial charge in [0.2, 0.25) is 0 Å². The van der Waals surface area contributed by atoms with Crippen LogP contribution >= 0.6 is 0 Å². The lowest BCUT2D eigenvalue weighted by molar-refractivity contribution is -0.139. The van der Waals surface area contributed by atoms with E-state index < -0.39 is 11.2 Å². The second-order valence-corrected chi connectivity index (χ2v) is 11.8. The number of aliphatic hydroxyl groups is 1. The Hall–Kier alpha value is -0.440. The second-order valence-electron chi connectivity index (χ2n) is 11.8. The van der Waals surface area contributed by atoms with Crippen LogP contribution in [0.4, 0.5) is 0 Å². The maximum atomic E-state index is 11.4. The van der Waals surface area contributed by atoms with Gasteiger partial charge in [-0.3, -0.25) is 4.79 Å². The SMILES string of the molecule is [B]C([B])(C[C@@H](C)[C@H]1CC[C@H]2[C@@H]3CC[C@H]4C[C@@H](O)CC[C@]4(C)[C@H]3CC[C@]12C)C(=O)O. The predicted octanol–water partition coefficient (Wildman–Crippen LogP) is 4.57. The number of hydrogen-bond donors (Lipinski definition) is 2. The molecular weight excluding hydrogens is 358 g/mol. The molecule has 2 N–H and O–H groups in total. The molecule has 0 bridgehead atoms. The van der Waals surface area contributed by atoms with Crippen molar-refractivity contribution in [3.05, 3.63) is 0 Å². The van der Waals surface area contributed by atoms with Gasteiger partial charge in [0.25, 0.3) is 5.97 Å². The summed E-state index contributed by atoms with van der Waals surface area (Å²) in [5.41, 5.74) is 0.687. The monoisotopic (exact) mass is 396 g/mol. The minimum absolute atomic E-state index is 0.0859. The highest BCUT2D eigenvalue weighted by Gasteiger charge is 2.60. The minimum Gasteiger partial charge on any atom is -0.482 e. The molecule has 4 aliphatic carbocycles. The summed E-state index contributed by atoms with van der Waals surface area (Å²) in [6.07, 6.45) is 11.0. The number of hydrogen-bond acceptors (Lipinski definition) is 2. The van der Waals surface area contributed by atoms with Gasteiger partial charge in [0, 0.05) is 0 Å². The van der Waals surface area contributed by atoms with Crippen molar-refractivity contribution >= 4 is 21.7 Å². The number of fused-ring (bicyclic) bond motifs is 5. The number of carbonyl (C=O) groups is 1. The highest BCUT2D eigenvalue weighted by molar-refractivity contribution is 6.49. The maximum absolute atomic E-state index is 11.4. The van der Waals surface area contributed by atoms with Crippen LogP contribution in [-0.4, -0.2) is 38.0 Å². The molecule has 0 heterocycles. The van der Waals surface area contributed by atoms with Crippen LogP contribution in [0.15, 0.2) is 0 Å². The van der Waals surface area contributed by atoms with Gasteiger partial charge in [-0.05, 0) is 109 Å². The van der Waals surface area contributed by atoms with Gasteiger partial charge in [0.05, 0.1) is 21.8 Å². The molecule has 0 aliphatic heterocycles. The summed E-state index contributed by atoms with van der Waals surface area (Å²) in [5, 5.41) is 18.0. The van der Waals surface area contributed by atoms with Crippen LogP contribution in [0, 0.1) is 46.3 Å². The van der Waals surface area contributed by atoms with E-state index in [4.69, 9.17) is 15.7 Å². The minimum atomic E-state index is -1.63. The van der Waals surface area contributed by atoms with Gasteiger partial charge in [-0.1, -0.05) is 27.2 Å². The lowest BCUT2D eigenvalue weighted by Crippen LogP contribution is -2.54. The average molecular weight is 396 g/mol. The van der Waals surface area contributed by atoms with Crippen LogP contribution in [0.3, 0.4) is 0 Å². The Morgan fingerprint density at radius 2 is 1.69 bits per heavy atom. The summed E-state index contributed by atoms with van der Waals surface area (Å²) < 4.78 is 0. The van der Waals surface area contributed by atoms with Gasteiger partial charge in [-0.25, -0.2) is 0 Å². The lowest BCUT2D eigenvalue weighted by atomic mass is 9.44. The second kappa shape index (κ2) is 7.31. The molecule has 4 radical (unpaired) electrons. The number of aliphatic hydroxyl groups excluding tert-OH is 1. The molecule has 0 aromatic rings. The first-order valence-corrected chi connectivity index (χ1v) is 12.0. The molecule has 5 heteroatoms. The van der Waals surface area contributed by atoms with Gasteiger partial charge in [-0.2, -0.15) is 0 Å². The van der Waals surface area contributed by atoms with Gasteiger partial charge in [0.1, 0.15) is 0 Å². The van der Waals surface area contributed by atoms with Gasteiger partial charge in [-0.15, -0.1) is 0 Å². The molecule has 4 rings (SSSR count). The van der Waals surface area contributed by atoms with Crippen LogP contribution in [0.25, 0.3) is 0 Å². The summed E-state index contributed by atoms with van der Waals surface area (Å²) in [5.74, 6) is 2.66. The highest BCUT2D eigenvalue weighted by atomic mass is 16.4. The molecule has 4 fully saturated rings. The summed E-state index contributed by atoms with van der Waals surface area (Å²) in [6, 6.07) is 0. The fraction of sp³-hybridized carbons (Fsp3) is 0.958. The van der Waals surface area contributed by atoms with Gasteiger partial charge < -0.3 is 10.2 Å². The normalized spacial score (nSPS) is 48.3. The van der Waals surface area contributed by atoms with E-state index in [1.54, 1.807) is 0 Å². The Balaban J connectivity index is 1.52. The third-order valence-electron chi connectivity index (χ3n) is 10.5. The zero-order valence-electron chi connectivity index (χ0n) is 18.6. The van der Waals surface area contributed by atoms with Crippen molar-refractivity contribution in [2.75, 3.05) is 0 Å².